The van der Waals surface area contributed by atoms with Crippen LogP contribution in [0.3, 0.4) is 0 Å². The van der Waals surface area contributed by atoms with Gasteiger partial charge in [0.15, 0.2) is 23.3 Å². The molecule has 0 amide bonds. The highest BCUT2D eigenvalue weighted by Gasteiger charge is 2.25. The van der Waals surface area contributed by atoms with E-state index in [1.54, 1.807) is 7.05 Å². The van der Waals surface area contributed by atoms with Crippen LogP contribution in [-0.4, -0.2) is 29.1 Å². The van der Waals surface area contributed by atoms with E-state index in [-0.39, 0.29) is 17.7 Å². The highest BCUT2D eigenvalue weighted by molar-refractivity contribution is 7.99. The van der Waals surface area contributed by atoms with Gasteiger partial charge < -0.3 is 10.6 Å². The van der Waals surface area contributed by atoms with Gasteiger partial charge in [-0.2, -0.15) is 11.8 Å². The highest BCUT2D eigenvalue weighted by atomic mass is 32.2. The number of anilines is 2. The second kappa shape index (κ2) is 6.41. The minimum absolute atomic E-state index is 0.0707. The quantitative estimate of drug-likeness (QED) is 0.869. The zero-order valence-corrected chi connectivity index (χ0v) is 12.0. The van der Waals surface area contributed by atoms with Crippen molar-refractivity contribution in [2.75, 3.05) is 23.4 Å². The van der Waals surface area contributed by atoms with Crippen molar-refractivity contribution in [3.05, 3.63) is 17.7 Å². The molecule has 1 fully saturated rings. The highest BCUT2D eigenvalue weighted by Crippen LogP contribution is 2.32. The Kier molecular flexibility index (Phi) is 4.85. The van der Waals surface area contributed by atoms with E-state index in [1.807, 2.05) is 11.8 Å². The van der Waals surface area contributed by atoms with Crippen molar-refractivity contribution in [3.63, 3.8) is 0 Å². The minimum atomic E-state index is -0.670. The summed E-state index contributed by atoms with van der Waals surface area (Å²) in [6.07, 6.45) is 3.15. The van der Waals surface area contributed by atoms with Crippen molar-refractivity contribution >= 4 is 23.4 Å². The summed E-state index contributed by atoms with van der Waals surface area (Å²) >= 11 is 1.94. The zero-order chi connectivity index (χ0) is 13.8. The second-order valence-corrected chi connectivity index (χ2v) is 6.21. The molecule has 0 spiro atoms. The molecule has 106 valence electrons. The van der Waals surface area contributed by atoms with E-state index in [4.69, 9.17) is 0 Å². The largest absolute Gasteiger partial charge is 0.371 e. The lowest BCUT2D eigenvalue weighted by Gasteiger charge is -2.15. The first-order chi connectivity index (χ1) is 9.13. The molecule has 19 heavy (non-hydrogen) atoms. The van der Waals surface area contributed by atoms with Crippen LogP contribution in [0.4, 0.5) is 20.4 Å². The van der Waals surface area contributed by atoms with E-state index < -0.39 is 11.6 Å². The van der Waals surface area contributed by atoms with E-state index in [1.165, 1.54) is 0 Å². The maximum atomic E-state index is 13.7. The lowest BCUT2D eigenvalue weighted by Crippen LogP contribution is -2.18. The van der Waals surface area contributed by atoms with Gasteiger partial charge in [-0.05, 0) is 25.0 Å². The van der Waals surface area contributed by atoms with Crippen molar-refractivity contribution in [3.8, 4) is 0 Å². The molecule has 1 aromatic heterocycles. The Labute approximate surface area is 116 Å². The second-order valence-electron chi connectivity index (χ2n) is 4.63. The van der Waals surface area contributed by atoms with Gasteiger partial charge in [0.1, 0.15) is 0 Å². The maximum absolute atomic E-state index is 13.7. The van der Waals surface area contributed by atoms with E-state index in [0.29, 0.717) is 5.25 Å². The topological polar surface area (TPSA) is 37.0 Å². The van der Waals surface area contributed by atoms with E-state index in [2.05, 4.69) is 22.5 Å². The SMILES string of the molecule is CCSC1CCC(Nc2nc(NC)c(F)cc2F)C1. The number of pyridine rings is 1. The van der Waals surface area contributed by atoms with Crippen LogP contribution in [0.1, 0.15) is 26.2 Å². The Morgan fingerprint density at radius 3 is 2.74 bits per heavy atom. The predicted molar refractivity (Wildman–Crippen MR) is 76.9 cm³/mol. The minimum Gasteiger partial charge on any atom is -0.371 e. The lowest BCUT2D eigenvalue weighted by atomic mass is 10.2. The van der Waals surface area contributed by atoms with Gasteiger partial charge in [0.2, 0.25) is 0 Å². The van der Waals surface area contributed by atoms with Gasteiger partial charge in [0, 0.05) is 24.4 Å². The van der Waals surface area contributed by atoms with Crippen LogP contribution in [0.15, 0.2) is 6.07 Å². The maximum Gasteiger partial charge on any atom is 0.168 e. The monoisotopic (exact) mass is 287 g/mol. The molecule has 3 nitrogen and oxygen atoms in total. The van der Waals surface area contributed by atoms with E-state index >= 15 is 0 Å². The van der Waals surface area contributed by atoms with Crippen molar-refractivity contribution < 1.29 is 8.78 Å². The lowest BCUT2D eigenvalue weighted by molar-refractivity contribution is 0.575. The van der Waals surface area contributed by atoms with Gasteiger partial charge in [-0.25, -0.2) is 13.8 Å². The molecule has 0 radical (unpaired) electrons. The first-order valence-corrected chi connectivity index (χ1v) is 7.60. The molecule has 2 atom stereocenters. The van der Waals surface area contributed by atoms with Crippen LogP contribution in [0.2, 0.25) is 0 Å². The van der Waals surface area contributed by atoms with Crippen LogP contribution >= 0.6 is 11.8 Å². The van der Waals surface area contributed by atoms with Gasteiger partial charge in [-0.15, -0.1) is 0 Å². The Hall–Kier alpha value is -1.04. The summed E-state index contributed by atoms with van der Waals surface area (Å²) in [5.41, 5.74) is 0. The van der Waals surface area contributed by atoms with Crippen LogP contribution < -0.4 is 10.6 Å². The molecule has 1 aliphatic carbocycles. The number of halogens is 2. The Bertz CT molecular complexity index is 442. The number of hydrogen-bond donors (Lipinski definition) is 2. The Morgan fingerprint density at radius 2 is 2.05 bits per heavy atom. The van der Waals surface area contributed by atoms with Crippen LogP contribution in [0.5, 0.6) is 0 Å². The molecule has 0 aromatic carbocycles. The van der Waals surface area contributed by atoms with Crippen molar-refractivity contribution in [2.24, 2.45) is 0 Å². The molecule has 1 aliphatic rings. The summed E-state index contributed by atoms with van der Waals surface area (Å²) in [5, 5.41) is 6.35. The fourth-order valence-corrected chi connectivity index (χ4v) is 3.54. The van der Waals surface area contributed by atoms with Crippen LogP contribution in [-0.2, 0) is 0 Å². The molecule has 1 heterocycles. The van der Waals surface area contributed by atoms with E-state index in [0.717, 1.165) is 31.1 Å². The Morgan fingerprint density at radius 1 is 1.32 bits per heavy atom. The standard InChI is InChI=1S/C13H19F2N3S/c1-3-19-9-5-4-8(6-9)17-13-11(15)7-10(14)12(16-2)18-13/h7-9H,3-6H2,1-2H3,(H2,16,17,18). The fourth-order valence-electron chi connectivity index (χ4n) is 2.39. The molecule has 0 saturated heterocycles. The summed E-state index contributed by atoms with van der Waals surface area (Å²) in [5.74, 6) is 0.00327. The third-order valence-corrected chi connectivity index (χ3v) is 4.53. The number of hydrogen-bond acceptors (Lipinski definition) is 4. The zero-order valence-electron chi connectivity index (χ0n) is 11.2. The summed E-state index contributed by atoms with van der Waals surface area (Å²) in [6.45, 7) is 2.14. The first-order valence-electron chi connectivity index (χ1n) is 6.56. The molecule has 2 N–H and O–H groups in total. The predicted octanol–water partition coefficient (Wildman–Crippen LogP) is 3.49. The van der Waals surface area contributed by atoms with Crippen molar-refractivity contribution in [1.82, 2.24) is 4.98 Å². The van der Waals surface area contributed by atoms with Gasteiger partial charge in [-0.3, -0.25) is 0 Å². The molecular formula is C13H19F2N3S. The van der Waals surface area contributed by atoms with Crippen LogP contribution in [0.25, 0.3) is 0 Å². The molecule has 6 heteroatoms. The van der Waals surface area contributed by atoms with E-state index in [9.17, 15) is 8.78 Å². The fraction of sp³-hybridized carbons (Fsp3) is 0.615. The summed E-state index contributed by atoms with van der Waals surface area (Å²) in [6, 6.07) is 1.09. The molecule has 0 aliphatic heterocycles. The van der Waals surface area contributed by atoms with Crippen LogP contribution in [0, 0.1) is 11.6 Å². The number of nitrogens with zero attached hydrogens (tertiary/aromatic N) is 1. The summed E-state index contributed by atoms with van der Waals surface area (Å²) in [7, 11) is 1.57. The molecule has 1 aromatic rings. The average molecular weight is 287 g/mol. The Balaban J connectivity index is 2.03. The van der Waals surface area contributed by atoms with Crippen molar-refractivity contribution in [2.45, 2.75) is 37.5 Å². The molecule has 0 bridgehead atoms. The van der Waals surface area contributed by atoms with Gasteiger partial charge in [-0.1, -0.05) is 6.92 Å². The van der Waals surface area contributed by atoms with Crippen molar-refractivity contribution in [1.29, 1.82) is 0 Å². The third-order valence-electron chi connectivity index (χ3n) is 3.29. The summed E-state index contributed by atoms with van der Waals surface area (Å²) < 4.78 is 27.0. The number of aromatic nitrogens is 1. The normalized spacial score (nSPS) is 22.5. The smallest absolute Gasteiger partial charge is 0.168 e. The molecular weight excluding hydrogens is 268 g/mol. The number of nitrogens with one attached hydrogen (secondary N) is 2. The molecule has 2 rings (SSSR count). The number of rotatable bonds is 5. The van der Waals surface area contributed by atoms with Gasteiger partial charge in [0.25, 0.3) is 0 Å². The van der Waals surface area contributed by atoms with Gasteiger partial charge >= 0.3 is 0 Å². The van der Waals surface area contributed by atoms with Gasteiger partial charge in [0.05, 0.1) is 0 Å². The number of thioether (sulfide) groups is 1. The first kappa shape index (κ1) is 14.4. The third kappa shape index (κ3) is 3.49. The molecule has 2 unspecified atom stereocenters. The average Bonchev–Trinajstić information content (AvgIpc) is 2.81. The molecule has 1 saturated carbocycles. The summed E-state index contributed by atoms with van der Waals surface area (Å²) in [4.78, 5) is 3.95.